The second kappa shape index (κ2) is 3.91. The topological polar surface area (TPSA) is 22.1 Å². The van der Waals surface area contributed by atoms with Gasteiger partial charge in [-0.2, -0.15) is 0 Å². The Balaban J connectivity index is 2.21. The molecule has 1 aromatic carbocycles. The van der Waals surface area contributed by atoms with Gasteiger partial charge in [0.1, 0.15) is 5.75 Å². The summed E-state index contributed by atoms with van der Waals surface area (Å²) in [5.74, 6) is 1.02. The molecule has 0 spiro atoms. The first-order chi connectivity index (χ1) is 7.84. The highest BCUT2D eigenvalue weighted by atomic mass is 79.9. The van der Waals surface area contributed by atoms with Crippen molar-refractivity contribution < 1.29 is 4.74 Å². The molecule has 0 bridgehead atoms. The number of halogens is 1. The van der Waals surface area contributed by atoms with Gasteiger partial charge in [0.25, 0.3) is 0 Å². The van der Waals surface area contributed by atoms with Crippen LogP contribution in [0.4, 0.5) is 0 Å². The van der Waals surface area contributed by atoms with Crippen LogP contribution in [-0.2, 0) is 6.42 Å². The van der Waals surface area contributed by atoms with Gasteiger partial charge in [0.15, 0.2) is 0 Å². The summed E-state index contributed by atoms with van der Waals surface area (Å²) < 4.78 is 6.80. The molecule has 3 heteroatoms. The molecule has 0 atom stereocenters. The molecule has 0 radical (unpaired) electrons. The SMILES string of the molecule is Brc1cc2c(c(-c3ccncc3)c1)OCC2. The van der Waals surface area contributed by atoms with E-state index in [1.165, 1.54) is 5.56 Å². The number of ether oxygens (including phenoxy) is 1. The van der Waals surface area contributed by atoms with Crippen molar-refractivity contribution in [3.63, 3.8) is 0 Å². The first-order valence-electron chi connectivity index (χ1n) is 5.20. The van der Waals surface area contributed by atoms with Crippen LogP contribution >= 0.6 is 15.9 Å². The fourth-order valence-electron chi connectivity index (χ4n) is 2.02. The van der Waals surface area contributed by atoms with Gasteiger partial charge in [-0.1, -0.05) is 15.9 Å². The zero-order chi connectivity index (χ0) is 11.0. The van der Waals surface area contributed by atoms with Crippen molar-refractivity contribution >= 4 is 15.9 Å². The second-order valence-electron chi connectivity index (χ2n) is 3.78. The van der Waals surface area contributed by atoms with E-state index < -0.39 is 0 Å². The zero-order valence-electron chi connectivity index (χ0n) is 8.61. The number of fused-ring (bicyclic) bond motifs is 1. The Labute approximate surface area is 102 Å². The van der Waals surface area contributed by atoms with Crippen molar-refractivity contribution in [2.24, 2.45) is 0 Å². The number of rotatable bonds is 1. The maximum atomic E-state index is 5.70. The van der Waals surface area contributed by atoms with Crippen LogP contribution in [0.25, 0.3) is 11.1 Å². The van der Waals surface area contributed by atoms with E-state index in [0.29, 0.717) is 0 Å². The molecule has 16 heavy (non-hydrogen) atoms. The van der Waals surface area contributed by atoms with Crippen molar-refractivity contribution in [3.8, 4) is 16.9 Å². The largest absolute Gasteiger partial charge is 0.492 e. The van der Waals surface area contributed by atoms with Gasteiger partial charge in [0, 0.05) is 28.9 Å². The van der Waals surface area contributed by atoms with Gasteiger partial charge in [-0.15, -0.1) is 0 Å². The van der Waals surface area contributed by atoms with E-state index in [2.05, 4.69) is 33.0 Å². The van der Waals surface area contributed by atoms with Crippen LogP contribution in [-0.4, -0.2) is 11.6 Å². The Bertz CT molecular complexity index is 525. The summed E-state index contributed by atoms with van der Waals surface area (Å²) in [4.78, 5) is 4.03. The quantitative estimate of drug-likeness (QED) is 0.796. The predicted molar refractivity (Wildman–Crippen MR) is 66.6 cm³/mol. The molecule has 0 aliphatic carbocycles. The molecular weight excluding hydrogens is 266 g/mol. The molecule has 0 N–H and O–H groups in total. The highest BCUT2D eigenvalue weighted by molar-refractivity contribution is 9.10. The summed E-state index contributed by atoms with van der Waals surface area (Å²) in [6, 6.07) is 8.24. The van der Waals surface area contributed by atoms with Crippen molar-refractivity contribution in [1.29, 1.82) is 0 Å². The monoisotopic (exact) mass is 275 g/mol. The number of aromatic nitrogens is 1. The van der Waals surface area contributed by atoms with Crippen LogP contribution in [0, 0.1) is 0 Å². The molecule has 0 saturated carbocycles. The molecule has 80 valence electrons. The molecule has 0 unspecified atom stereocenters. The maximum Gasteiger partial charge on any atom is 0.130 e. The number of pyridine rings is 1. The molecule has 2 nitrogen and oxygen atoms in total. The second-order valence-corrected chi connectivity index (χ2v) is 4.69. The van der Waals surface area contributed by atoms with Gasteiger partial charge in [0.2, 0.25) is 0 Å². The van der Waals surface area contributed by atoms with E-state index in [4.69, 9.17) is 4.74 Å². The molecule has 1 aliphatic rings. The lowest BCUT2D eigenvalue weighted by Gasteiger charge is -2.08. The van der Waals surface area contributed by atoms with E-state index in [9.17, 15) is 0 Å². The Kier molecular flexibility index (Phi) is 2.40. The van der Waals surface area contributed by atoms with Crippen LogP contribution in [0.2, 0.25) is 0 Å². The van der Waals surface area contributed by atoms with Crippen molar-refractivity contribution in [2.45, 2.75) is 6.42 Å². The molecule has 2 heterocycles. The molecule has 1 aromatic heterocycles. The highest BCUT2D eigenvalue weighted by Gasteiger charge is 2.18. The van der Waals surface area contributed by atoms with Crippen LogP contribution in [0.3, 0.4) is 0 Å². The molecule has 2 aromatic rings. The summed E-state index contributed by atoms with van der Waals surface area (Å²) in [6.45, 7) is 0.782. The van der Waals surface area contributed by atoms with Crippen molar-refractivity contribution in [1.82, 2.24) is 4.98 Å². The standard InChI is InChI=1S/C13H10BrNO/c14-11-7-10-3-6-16-13(10)12(8-11)9-1-4-15-5-2-9/h1-2,4-5,7-8H,3,6H2. The molecular formula is C13H10BrNO. The Morgan fingerprint density at radius 2 is 2.00 bits per heavy atom. The maximum absolute atomic E-state index is 5.70. The van der Waals surface area contributed by atoms with E-state index in [0.717, 1.165) is 34.4 Å². The predicted octanol–water partition coefficient (Wildman–Crippen LogP) is 3.45. The summed E-state index contributed by atoms with van der Waals surface area (Å²) in [5.41, 5.74) is 3.57. The highest BCUT2D eigenvalue weighted by Crippen LogP contribution is 2.38. The Morgan fingerprint density at radius 1 is 1.19 bits per heavy atom. The number of benzene rings is 1. The average Bonchev–Trinajstić information content (AvgIpc) is 2.77. The van der Waals surface area contributed by atoms with Gasteiger partial charge in [0.05, 0.1) is 6.61 Å². The van der Waals surface area contributed by atoms with Crippen molar-refractivity contribution in [3.05, 3.63) is 46.7 Å². The van der Waals surface area contributed by atoms with Crippen LogP contribution in [0.5, 0.6) is 5.75 Å². The van der Waals surface area contributed by atoms with Crippen molar-refractivity contribution in [2.75, 3.05) is 6.61 Å². The first kappa shape index (κ1) is 9.85. The zero-order valence-corrected chi connectivity index (χ0v) is 10.2. The molecule has 0 saturated heterocycles. The minimum atomic E-state index is 0.782. The molecule has 3 rings (SSSR count). The van der Waals surface area contributed by atoms with E-state index in [1.807, 2.05) is 12.1 Å². The first-order valence-corrected chi connectivity index (χ1v) is 5.99. The van der Waals surface area contributed by atoms with Gasteiger partial charge < -0.3 is 4.74 Å². The Hall–Kier alpha value is -1.35. The fraction of sp³-hybridized carbons (Fsp3) is 0.154. The summed E-state index contributed by atoms with van der Waals surface area (Å²) in [7, 11) is 0. The van der Waals surface area contributed by atoms with E-state index in [1.54, 1.807) is 12.4 Å². The van der Waals surface area contributed by atoms with Crippen LogP contribution in [0.15, 0.2) is 41.1 Å². The summed E-state index contributed by atoms with van der Waals surface area (Å²) in [5, 5.41) is 0. The normalized spacial score (nSPS) is 13.3. The average molecular weight is 276 g/mol. The van der Waals surface area contributed by atoms with Gasteiger partial charge in [-0.25, -0.2) is 0 Å². The Morgan fingerprint density at radius 3 is 2.81 bits per heavy atom. The number of nitrogens with zero attached hydrogens (tertiary/aromatic N) is 1. The summed E-state index contributed by atoms with van der Waals surface area (Å²) in [6.07, 6.45) is 4.60. The fourth-order valence-corrected chi connectivity index (χ4v) is 2.52. The van der Waals surface area contributed by atoms with E-state index in [-0.39, 0.29) is 0 Å². The third-order valence-corrected chi connectivity index (χ3v) is 3.20. The third-order valence-electron chi connectivity index (χ3n) is 2.74. The van der Waals surface area contributed by atoms with Gasteiger partial charge >= 0.3 is 0 Å². The van der Waals surface area contributed by atoms with Crippen LogP contribution in [0.1, 0.15) is 5.56 Å². The van der Waals surface area contributed by atoms with Gasteiger partial charge in [-0.3, -0.25) is 4.98 Å². The molecule has 0 amide bonds. The lowest BCUT2D eigenvalue weighted by Crippen LogP contribution is -1.89. The van der Waals surface area contributed by atoms with Gasteiger partial charge in [-0.05, 0) is 35.4 Å². The summed E-state index contributed by atoms with van der Waals surface area (Å²) >= 11 is 3.54. The lowest BCUT2D eigenvalue weighted by atomic mass is 10.0. The third kappa shape index (κ3) is 1.61. The molecule has 0 fully saturated rings. The minimum Gasteiger partial charge on any atom is -0.492 e. The number of hydrogen-bond acceptors (Lipinski definition) is 2. The number of hydrogen-bond donors (Lipinski definition) is 0. The molecule has 1 aliphatic heterocycles. The van der Waals surface area contributed by atoms with E-state index >= 15 is 0 Å². The minimum absolute atomic E-state index is 0.782. The lowest BCUT2D eigenvalue weighted by molar-refractivity contribution is 0.358. The van der Waals surface area contributed by atoms with Crippen LogP contribution < -0.4 is 4.74 Å². The smallest absolute Gasteiger partial charge is 0.130 e.